The molecular formula is C22H25ClN4O3S. The molecule has 9 heteroatoms. The maximum Gasteiger partial charge on any atom is 0.264 e. The van der Waals surface area contributed by atoms with Crippen LogP contribution in [-0.2, 0) is 4.79 Å². The summed E-state index contributed by atoms with van der Waals surface area (Å²) in [5.74, 6) is 0.172. The van der Waals surface area contributed by atoms with Crippen LogP contribution < -0.4 is 15.4 Å². The van der Waals surface area contributed by atoms with Crippen LogP contribution in [0.4, 0.5) is 5.69 Å². The number of rotatable bonds is 5. The number of carbonyl (C=O) groups is 2. The predicted octanol–water partition coefficient (Wildman–Crippen LogP) is 2.93. The molecule has 2 aromatic carbocycles. The van der Waals surface area contributed by atoms with Crippen LogP contribution in [0, 0.1) is 6.92 Å². The van der Waals surface area contributed by atoms with Gasteiger partial charge in [-0.3, -0.25) is 14.9 Å². The zero-order valence-corrected chi connectivity index (χ0v) is 19.1. The number of piperazine rings is 1. The van der Waals surface area contributed by atoms with Crippen molar-refractivity contribution in [2.75, 3.05) is 45.2 Å². The second kappa shape index (κ2) is 10.6. The number of nitrogens with zero attached hydrogens (tertiary/aromatic N) is 2. The van der Waals surface area contributed by atoms with Gasteiger partial charge in [0.2, 0.25) is 0 Å². The van der Waals surface area contributed by atoms with Crippen molar-refractivity contribution in [1.29, 1.82) is 0 Å². The summed E-state index contributed by atoms with van der Waals surface area (Å²) in [6, 6.07) is 12.4. The van der Waals surface area contributed by atoms with Gasteiger partial charge in [0.15, 0.2) is 11.7 Å². The zero-order chi connectivity index (χ0) is 22.4. The molecule has 1 aliphatic rings. The summed E-state index contributed by atoms with van der Waals surface area (Å²) in [7, 11) is 2.04. The summed E-state index contributed by atoms with van der Waals surface area (Å²) < 4.78 is 5.52. The summed E-state index contributed by atoms with van der Waals surface area (Å²) in [6.45, 7) is 4.75. The van der Waals surface area contributed by atoms with Gasteiger partial charge in [0.05, 0.1) is 10.7 Å². The molecule has 1 saturated heterocycles. The summed E-state index contributed by atoms with van der Waals surface area (Å²) >= 11 is 11.5. The number of carbonyl (C=O) groups excluding carboxylic acids is 2. The number of aryl methyl sites for hydroxylation is 1. The molecule has 0 saturated carbocycles. The lowest BCUT2D eigenvalue weighted by Gasteiger charge is -2.32. The summed E-state index contributed by atoms with van der Waals surface area (Å²) in [5.41, 5.74) is 1.89. The fourth-order valence-electron chi connectivity index (χ4n) is 3.12. The third kappa shape index (κ3) is 6.40. The average Bonchev–Trinajstić information content (AvgIpc) is 2.74. The molecule has 0 radical (unpaired) electrons. The average molecular weight is 461 g/mol. The minimum atomic E-state index is -0.401. The van der Waals surface area contributed by atoms with Gasteiger partial charge in [0, 0.05) is 31.7 Å². The van der Waals surface area contributed by atoms with E-state index in [4.69, 9.17) is 28.6 Å². The number of para-hydroxylation sites is 1. The monoisotopic (exact) mass is 460 g/mol. The molecule has 2 aromatic rings. The summed E-state index contributed by atoms with van der Waals surface area (Å²) in [6.07, 6.45) is 0. The number of likely N-dealkylation sites (N-methyl/N-ethyl adjacent to an activating group) is 1. The van der Waals surface area contributed by atoms with Gasteiger partial charge in [-0.25, -0.2) is 0 Å². The quantitative estimate of drug-likeness (QED) is 0.668. The van der Waals surface area contributed by atoms with E-state index in [9.17, 15) is 9.59 Å². The number of ether oxygens (including phenoxy) is 1. The van der Waals surface area contributed by atoms with Crippen molar-refractivity contribution in [3.63, 3.8) is 0 Å². The van der Waals surface area contributed by atoms with E-state index in [0.717, 1.165) is 18.7 Å². The van der Waals surface area contributed by atoms with Gasteiger partial charge in [-0.2, -0.15) is 0 Å². The lowest BCUT2D eigenvalue weighted by atomic mass is 10.1. The SMILES string of the molecule is Cc1ccccc1OCC(=O)NC(=S)Nc1cc(C(=O)N2CCN(C)CC2)ccc1Cl. The van der Waals surface area contributed by atoms with Crippen LogP contribution in [-0.4, -0.2) is 66.6 Å². The van der Waals surface area contributed by atoms with Crippen LogP contribution >= 0.6 is 23.8 Å². The Balaban J connectivity index is 1.56. The van der Waals surface area contributed by atoms with E-state index in [1.807, 2.05) is 37.1 Å². The molecule has 0 aliphatic carbocycles. The highest BCUT2D eigenvalue weighted by Crippen LogP contribution is 2.24. The van der Waals surface area contributed by atoms with Gasteiger partial charge >= 0.3 is 0 Å². The molecule has 0 bridgehead atoms. The Hall–Kier alpha value is -2.68. The number of hydrogen-bond donors (Lipinski definition) is 2. The molecule has 2 amide bonds. The minimum Gasteiger partial charge on any atom is -0.483 e. The molecule has 0 atom stereocenters. The van der Waals surface area contributed by atoms with Gasteiger partial charge in [0.1, 0.15) is 5.75 Å². The van der Waals surface area contributed by atoms with E-state index in [1.165, 1.54) is 0 Å². The van der Waals surface area contributed by atoms with E-state index < -0.39 is 5.91 Å². The van der Waals surface area contributed by atoms with Crippen molar-refractivity contribution < 1.29 is 14.3 Å². The van der Waals surface area contributed by atoms with Crippen LogP contribution in [0.3, 0.4) is 0 Å². The highest BCUT2D eigenvalue weighted by Gasteiger charge is 2.21. The number of hydrogen-bond acceptors (Lipinski definition) is 5. The number of thiocarbonyl (C=S) groups is 1. The fourth-order valence-corrected chi connectivity index (χ4v) is 3.51. The molecule has 2 N–H and O–H groups in total. The first-order valence-electron chi connectivity index (χ1n) is 9.90. The van der Waals surface area contributed by atoms with Crippen molar-refractivity contribution in [2.45, 2.75) is 6.92 Å². The molecule has 1 fully saturated rings. The molecular weight excluding hydrogens is 436 g/mol. The molecule has 7 nitrogen and oxygen atoms in total. The predicted molar refractivity (Wildman–Crippen MR) is 126 cm³/mol. The molecule has 1 aliphatic heterocycles. The number of halogens is 1. The van der Waals surface area contributed by atoms with E-state index in [1.54, 1.807) is 24.3 Å². The maximum absolute atomic E-state index is 12.8. The van der Waals surface area contributed by atoms with Crippen LogP contribution in [0.5, 0.6) is 5.75 Å². The van der Waals surface area contributed by atoms with Crippen molar-refractivity contribution >= 4 is 46.4 Å². The maximum atomic E-state index is 12.8. The fraction of sp³-hybridized carbons (Fsp3) is 0.318. The highest BCUT2D eigenvalue weighted by atomic mass is 35.5. The Bertz CT molecular complexity index is 977. The second-order valence-electron chi connectivity index (χ2n) is 7.35. The molecule has 164 valence electrons. The zero-order valence-electron chi connectivity index (χ0n) is 17.5. The van der Waals surface area contributed by atoms with Crippen molar-refractivity contribution in [3.8, 4) is 5.75 Å². The molecule has 31 heavy (non-hydrogen) atoms. The Kier molecular flexibility index (Phi) is 7.84. The Morgan fingerprint density at radius 1 is 1.13 bits per heavy atom. The lowest BCUT2D eigenvalue weighted by Crippen LogP contribution is -2.47. The number of amides is 2. The lowest BCUT2D eigenvalue weighted by molar-refractivity contribution is -0.121. The van der Waals surface area contributed by atoms with Gasteiger partial charge in [-0.15, -0.1) is 0 Å². The summed E-state index contributed by atoms with van der Waals surface area (Å²) in [4.78, 5) is 29.0. The van der Waals surface area contributed by atoms with Crippen LogP contribution in [0.1, 0.15) is 15.9 Å². The Labute approximate surface area is 192 Å². The van der Waals surface area contributed by atoms with E-state index in [-0.39, 0.29) is 17.6 Å². The van der Waals surface area contributed by atoms with Gasteiger partial charge < -0.3 is 19.9 Å². The van der Waals surface area contributed by atoms with E-state index >= 15 is 0 Å². The van der Waals surface area contributed by atoms with Gasteiger partial charge in [-0.1, -0.05) is 29.8 Å². The first-order chi connectivity index (χ1) is 14.8. The largest absolute Gasteiger partial charge is 0.483 e. The van der Waals surface area contributed by atoms with Crippen molar-refractivity contribution in [1.82, 2.24) is 15.1 Å². The molecule has 0 aromatic heterocycles. The van der Waals surface area contributed by atoms with E-state index in [2.05, 4.69) is 15.5 Å². The second-order valence-corrected chi connectivity index (χ2v) is 8.16. The first-order valence-corrected chi connectivity index (χ1v) is 10.7. The Morgan fingerprint density at radius 2 is 1.84 bits per heavy atom. The standard InChI is InChI=1S/C22H25ClN4O3S/c1-15-5-3-4-6-19(15)30-14-20(28)25-22(31)24-18-13-16(7-8-17(18)23)21(29)27-11-9-26(2)10-12-27/h3-8,13H,9-12,14H2,1-2H3,(H2,24,25,28,31). The van der Waals surface area contributed by atoms with Crippen LogP contribution in [0.2, 0.25) is 5.02 Å². The number of benzene rings is 2. The van der Waals surface area contributed by atoms with Gasteiger partial charge in [0.25, 0.3) is 11.8 Å². The van der Waals surface area contributed by atoms with Crippen LogP contribution in [0.25, 0.3) is 0 Å². The topological polar surface area (TPSA) is 73.9 Å². The number of anilines is 1. The van der Waals surface area contributed by atoms with Crippen molar-refractivity contribution in [2.24, 2.45) is 0 Å². The molecule has 0 spiro atoms. The minimum absolute atomic E-state index is 0.0607. The third-order valence-corrected chi connectivity index (χ3v) is 5.49. The highest BCUT2D eigenvalue weighted by molar-refractivity contribution is 7.80. The molecule has 3 rings (SSSR count). The Morgan fingerprint density at radius 3 is 2.55 bits per heavy atom. The molecule has 0 unspecified atom stereocenters. The van der Waals surface area contributed by atoms with Gasteiger partial charge in [-0.05, 0) is 56.0 Å². The van der Waals surface area contributed by atoms with Crippen LogP contribution in [0.15, 0.2) is 42.5 Å². The van der Waals surface area contributed by atoms with Crippen molar-refractivity contribution in [3.05, 3.63) is 58.6 Å². The molecule has 1 heterocycles. The van der Waals surface area contributed by atoms with E-state index in [0.29, 0.717) is 35.1 Å². The normalized spacial score (nSPS) is 14.1. The smallest absolute Gasteiger partial charge is 0.264 e. The first kappa shape index (κ1) is 23.0. The summed E-state index contributed by atoms with van der Waals surface area (Å²) in [5, 5.41) is 5.91. The third-order valence-electron chi connectivity index (χ3n) is 4.96. The number of nitrogens with one attached hydrogen (secondary N) is 2.